The number of ether oxygens (including phenoxy) is 3. The van der Waals surface area contributed by atoms with Crippen LogP contribution in [0.5, 0.6) is 0 Å². The minimum absolute atomic E-state index is 0.0942. The van der Waals surface area contributed by atoms with Gasteiger partial charge in [-0.2, -0.15) is 0 Å². The highest BCUT2D eigenvalue weighted by atomic mass is 16.7. The Morgan fingerprint density at radius 3 is 2.24 bits per heavy atom. The maximum atomic E-state index is 13.0. The fraction of sp³-hybridized carbons (Fsp3) is 0.654. The van der Waals surface area contributed by atoms with Crippen molar-refractivity contribution in [2.75, 3.05) is 6.54 Å². The maximum Gasteiger partial charge on any atom is 0.331 e. The third-order valence-corrected chi connectivity index (χ3v) is 5.37. The van der Waals surface area contributed by atoms with Gasteiger partial charge in [0.1, 0.15) is 5.60 Å². The molecule has 1 unspecified atom stereocenters. The Hall–Kier alpha value is -2.45. The Kier molecular flexibility index (Phi) is 9.25. The van der Waals surface area contributed by atoms with Gasteiger partial charge in [-0.25, -0.2) is 4.79 Å². The molecule has 0 radical (unpaired) electrons. The van der Waals surface area contributed by atoms with Gasteiger partial charge in [0.2, 0.25) is 5.91 Å². The number of nitrogens with zero attached hydrogens (tertiary/aromatic N) is 1. The van der Waals surface area contributed by atoms with E-state index in [0.29, 0.717) is 18.4 Å². The molecule has 0 spiro atoms. The van der Waals surface area contributed by atoms with Crippen LogP contribution >= 0.6 is 0 Å². The first-order valence-corrected chi connectivity index (χ1v) is 11.8. The zero-order valence-corrected chi connectivity index (χ0v) is 21.4. The number of hydrogen-bond acceptors (Lipinski definition) is 6. The van der Waals surface area contributed by atoms with Crippen LogP contribution < -0.4 is 0 Å². The van der Waals surface area contributed by atoms with Gasteiger partial charge in [-0.15, -0.1) is 0 Å². The van der Waals surface area contributed by atoms with Gasteiger partial charge in [-0.3, -0.25) is 9.59 Å². The molecule has 1 saturated heterocycles. The molecule has 34 heavy (non-hydrogen) atoms. The number of carbonyl (C=O) groups is 3. The molecule has 1 aliphatic rings. The Balaban J connectivity index is 2.17. The van der Waals surface area contributed by atoms with Crippen LogP contribution in [0.1, 0.15) is 79.3 Å². The Bertz CT molecular complexity index is 844. The fourth-order valence-electron chi connectivity index (χ4n) is 4.16. The van der Waals surface area contributed by atoms with E-state index in [9.17, 15) is 19.5 Å². The van der Waals surface area contributed by atoms with E-state index in [1.807, 2.05) is 20.8 Å². The average molecular weight is 478 g/mol. The van der Waals surface area contributed by atoms with Crippen molar-refractivity contribution in [1.29, 1.82) is 0 Å². The number of benzene rings is 1. The van der Waals surface area contributed by atoms with Crippen LogP contribution in [-0.4, -0.2) is 58.0 Å². The molecule has 1 N–H and O–H groups in total. The quantitative estimate of drug-likeness (QED) is 0.528. The predicted molar refractivity (Wildman–Crippen MR) is 127 cm³/mol. The van der Waals surface area contributed by atoms with Crippen LogP contribution in [0.25, 0.3) is 0 Å². The Morgan fingerprint density at radius 2 is 1.71 bits per heavy atom. The number of rotatable bonds is 9. The molecule has 1 aromatic carbocycles. The molecule has 1 amide bonds. The van der Waals surface area contributed by atoms with Crippen LogP contribution in [0.2, 0.25) is 0 Å². The number of aliphatic carboxylic acids is 1. The number of esters is 1. The van der Waals surface area contributed by atoms with Crippen molar-refractivity contribution in [2.45, 2.75) is 97.4 Å². The van der Waals surface area contributed by atoms with E-state index in [1.165, 1.54) is 4.90 Å². The largest absolute Gasteiger partial charge is 0.479 e. The topological polar surface area (TPSA) is 102 Å². The highest BCUT2D eigenvalue weighted by Crippen LogP contribution is 2.32. The lowest BCUT2D eigenvalue weighted by Crippen LogP contribution is -2.48. The average Bonchev–Trinajstić information content (AvgIpc) is 2.68. The van der Waals surface area contributed by atoms with Crippen molar-refractivity contribution in [3.63, 3.8) is 0 Å². The zero-order chi connectivity index (χ0) is 25.7. The molecule has 3 atom stereocenters. The molecule has 0 aliphatic carbocycles. The van der Waals surface area contributed by atoms with Gasteiger partial charge in [-0.1, -0.05) is 44.2 Å². The summed E-state index contributed by atoms with van der Waals surface area (Å²) in [4.78, 5) is 39.0. The van der Waals surface area contributed by atoms with E-state index in [4.69, 9.17) is 14.2 Å². The second-order valence-electron chi connectivity index (χ2n) is 10.5. The molecule has 1 fully saturated rings. The van der Waals surface area contributed by atoms with Crippen LogP contribution in [-0.2, 0) is 28.6 Å². The van der Waals surface area contributed by atoms with Gasteiger partial charge in [0.25, 0.3) is 0 Å². The van der Waals surface area contributed by atoms with Gasteiger partial charge < -0.3 is 24.2 Å². The first-order chi connectivity index (χ1) is 15.7. The van der Waals surface area contributed by atoms with E-state index in [1.54, 1.807) is 58.0 Å². The molecular weight excluding hydrogens is 438 g/mol. The summed E-state index contributed by atoms with van der Waals surface area (Å²) in [5.74, 6) is -2.96. The highest BCUT2D eigenvalue weighted by Gasteiger charge is 2.39. The summed E-state index contributed by atoms with van der Waals surface area (Å²) in [7, 11) is 0. The van der Waals surface area contributed by atoms with Crippen molar-refractivity contribution < 1.29 is 33.7 Å². The minimum Gasteiger partial charge on any atom is -0.479 e. The molecule has 1 aromatic rings. The molecule has 0 saturated carbocycles. The minimum atomic E-state index is -1.10. The lowest BCUT2D eigenvalue weighted by atomic mass is 10.00. The third kappa shape index (κ3) is 8.40. The summed E-state index contributed by atoms with van der Waals surface area (Å²) in [5.41, 5.74) is -0.0435. The monoisotopic (exact) mass is 477 g/mol. The van der Waals surface area contributed by atoms with Gasteiger partial charge in [0, 0.05) is 18.9 Å². The summed E-state index contributed by atoms with van der Waals surface area (Å²) < 4.78 is 17.4. The van der Waals surface area contributed by atoms with Crippen LogP contribution in [0, 0.1) is 5.92 Å². The highest BCUT2D eigenvalue weighted by molar-refractivity contribution is 5.85. The summed E-state index contributed by atoms with van der Waals surface area (Å²) in [6.45, 7) is 12.7. The van der Waals surface area contributed by atoms with Gasteiger partial charge in [0.05, 0.1) is 18.6 Å². The summed E-state index contributed by atoms with van der Waals surface area (Å²) in [6, 6.07) is 7.65. The van der Waals surface area contributed by atoms with Gasteiger partial charge >= 0.3 is 11.9 Å². The number of carboxylic acid groups (broad SMARTS) is 1. The third-order valence-electron chi connectivity index (χ3n) is 5.37. The molecular formula is C26H39NO7. The lowest BCUT2D eigenvalue weighted by molar-refractivity contribution is -0.301. The number of hydrogen-bond donors (Lipinski definition) is 1. The number of carboxylic acids is 1. The lowest BCUT2D eigenvalue weighted by Gasteiger charge is -2.41. The van der Waals surface area contributed by atoms with Crippen molar-refractivity contribution in [3.8, 4) is 0 Å². The first-order valence-electron chi connectivity index (χ1n) is 11.8. The normalized spacial score (nSPS) is 21.1. The molecule has 0 bridgehead atoms. The molecule has 8 nitrogen and oxygen atoms in total. The van der Waals surface area contributed by atoms with E-state index >= 15 is 0 Å². The van der Waals surface area contributed by atoms with Crippen LogP contribution in [0.15, 0.2) is 30.3 Å². The SMILES string of the molecule is CC(C)C(=O)N(CC[C@@H]1C[C@H](CC(=O)OC(C)(C)C)OC(C)(C)O1)C(C(=O)O)c1ccccc1. The molecule has 0 aromatic heterocycles. The van der Waals surface area contributed by atoms with Crippen molar-refractivity contribution in [2.24, 2.45) is 5.92 Å². The molecule has 1 aliphatic heterocycles. The van der Waals surface area contributed by atoms with E-state index in [0.717, 1.165) is 0 Å². The fourth-order valence-corrected chi connectivity index (χ4v) is 4.16. The van der Waals surface area contributed by atoms with E-state index in [2.05, 4.69) is 0 Å². The molecule has 2 rings (SSSR count). The van der Waals surface area contributed by atoms with E-state index in [-0.39, 0.29) is 36.9 Å². The first kappa shape index (κ1) is 27.8. The maximum absolute atomic E-state index is 13.0. The van der Waals surface area contributed by atoms with Gasteiger partial charge in [-0.05, 0) is 46.6 Å². The van der Waals surface area contributed by atoms with E-state index < -0.39 is 29.5 Å². The second kappa shape index (κ2) is 11.3. The standard InChI is InChI=1S/C26H39NO7/c1-17(2)23(29)27(22(24(30)31)18-11-9-8-10-12-18)14-13-19-15-20(33-26(6,7)32-19)16-21(28)34-25(3,4)5/h8-12,17,19-20,22H,13-16H2,1-7H3,(H,30,31)/t19-,20-,22?/m1/s1. The smallest absolute Gasteiger partial charge is 0.331 e. The number of carbonyl (C=O) groups excluding carboxylic acids is 2. The predicted octanol–water partition coefficient (Wildman–Crippen LogP) is 4.33. The number of amides is 1. The second-order valence-corrected chi connectivity index (χ2v) is 10.5. The van der Waals surface area contributed by atoms with Crippen LogP contribution in [0.3, 0.4) is 0 Å². The summed E-state index contributed by atoms with van der Waals surface area (Å²) in [6.07, 6.45) is 0.227. The molecule has 190 valence electrons. The molecule has 8 heteroatoms. The summed E-state index contributed by atoms with van der Waals surface area (Å²) >= 11 is 0. The van der Waals surface area contributed by atoms with Crippen molar-refractivity contribution in [1.82, 2.24) is 4.90 Å². The zero-order valence-electron chi connectivity index (χ0n) is 21.4. The molecule has 1 heterocycles. The van der Waals surface area contributed by atoms with Gasteiger partial charge in [0.15, 0.2) is 11.8 Å². The summed E-state index contributed by atoms with van der Waals surface area (Å²) in [5, 5.41) is 9.99. The van der Waals surface area contributed by atoms with Crippen molar-refractivity contribution >= 4 is 17.8 Å². The Morgan fingerprint density at radius 1 is 1.12 bits per heavy atom. The van der Waals surface area contributed by atoms with Crippen molar-refractivity contribution in [3.05, 3.63) is 35.9 Å². The van der Waals surface area contributed by atoms with Crippen LogP contribution in [0.4, 0.5) is 0 Å². The Labute approximate surface area is 202 Å².